The molecule has 0 bridgehead atoms. The first-order chi connectivity index (χ1) is 16.2. The van der Waals surface area contributed by atoms with Gasteiger partial charge in [0.25, 0.3) is 0 Å². The molecule has 0 saturated heterocycles. The highest BCUT2D eigenvalue weighted by Crippen LogP contribution is 2.64. The first kappa shape index (κ1) is 23.8. The molecule has 4 heteroatoms. The standard InChI is InChI=1S/C30H40O4/c1-19(2)28(32)34-25-17-21-16-22(33-18-20-8-6-5-7-9-20)12-14-29(21,3)24-13-15-30(4)23(27(24)25)10-11-26(30)31/h5-9,17,19,22-25,27H,10-16,18H2,1-4H3/t22-,23?,24?,25?,27?,29-,30-/m0/s1. The Hall–Kier alpha value is -1.94. The molecule has 0 radical (unpaired) electrons. The van der Waals surface area contributed by atoms with E-state index in [4.69, 9.17) is 9.47 Å². The number of ketones is 1. The van der Waals surface area contributed by atoms with E-state index in [1.807, 2.05) is 19.9 Å². The van der Waals surface area contributed by atoms with Crippen LogP contribution in [0.5, 0.6) is 0 Å². The van der Waals surface area contributed by atoms with E-state index in [2.05, 4.69) is 44.2 Å². The predicted molar refractivity (Wildman–Crippen MR) is 132 cm³/mol. The van der Waals surface area contributed by atoms with E-state index in [0.717, 1.165) is 38.5 Å². The summed E-state index contributed by atoms with van der Waals surface area (Å²) in [6, 6.07) is 10.4. The van der Waals surface area contributed by atoms with E-state index in [0.29, 0.717) is 30.6 Å². The van der Waals surface area contributed by atoms with Crippen LogP contribution in [0.15, 0.2) is 42.0 Å². The van der Waals surface area contributed by atoms with Crippen LogP contribution in [0.1, 0.15) is 78.2 Å². The highest BCUT2D eigenvalue weighted by Gasteiger charge is 2.61. The molecule has 1 aromatic carbocycles. The number of Topliss-reactive ketones (excluding diaryl/α,β-unsaturated/α-hetero) is 1. The van der Waals surface area contributed by atoms with E-state index < -0.39 is 0 Å². The van der Waals surface area contributed by atoms with Crippen molar-refractivity contribution in [1.82, 2.24) is 0 Å². The van der Waals surface area contributed by atoms with Crippen LogP contribution in [0.3, 0.4) is 0 Å². The lowest BCUT2D eigenvalue weighted by molar-refractivity contribution is -0.164. The minimum atomic E-state index is -0.249. The number of hydrogen-bond donors (Lipinski definition) is 0. The Morgan fingerprint density at radius 2 is 1.74 bits per heavy atom. The Kier molecular flexibility index (Phi) is 6.25. The van der Waals surface area contributed by atoms with Gasteiger partial charge < -0.3 is 9.47 Å². The Morgan fingerprint density at radius 1 is 1.03 bits per heavy atom. The van der Waals surface area contributed by atoms with Gasteiger partial charge in [0.05, 0.1) is 18.6 Å². The molecule has 4 aliphatic carbocycles. The number of rotatable bonds is 5. The van der Waals surface area contributed by atoms with Gasteiger partial charge in [-0.25, -0.2) is 0 Å². The summed E-state index contributed by atoms with van der Waals surface area (Å²) in [5.74, 6) is 1.14. The molecular formula is C30H40O4. The maximum absolute atomic E-state index is 12.9. The molecule has 0 aromatic heterocycles. The van der Waals surface area contributed by atoms with Crippen LogP contribution in [-0.4, -0.2) is 24.0 Å². The number of ether oxygens (including phenoxy) is 2. The zero-order valence-electron chi connectivity index (χ0n) is 21.2. The quantitative estimate of drug-likeness (QED) is 0.380. The molecule has 0 spiro atoms. The molecule has 3 saturated carbocycles. The summed E-state index contributed by atoms with van der Waals surface area (Å²) in [6.07, 6.45) is 8.94. The number of carbonyl (C=O) groups excluding carboxylic acids is 2. The lowest BCUT2D eigenvalue weighted by atomic mass is 9.47. The third-order valence-corrected chi connectivity index (χ3v) is 9.82. The highest BCUT2D eigenvalue weighted by molar-refractivity contribution is 5.87. The van der Waals surface area contributed by atoms with Gasteiger partial charge in [-0.1, -0.05) is 63.6 Å². The number of carbonyl (C=O) groups is 2. The SMILES string of the molecule is CC(C)C(=O)OC1C=C2C[C@@H](OCc3ccccc3)CC[C@]2(C)C2CC[C@]3(C)C(=O)CCC3C12. The second-order valence-corrected chi connectivity index (χ2v) is 12.0. The third kappa shape index (κ3) is 3.96. The lowest BCUT2D eigenvalue weighted by Gasteiger charge is -2.58. The van der Waals surface area contributed by atoms with Crippen molar-refractivity contribution >= 4 is 11.8 Å². The molecule has 4 aliphatic rings. The van der Waals surface area contributed by atoms with Crippen molar-refractivity contribution in [3.8, 4) is 0 Å². The van der Waals surface area contributed by atoms with Crippen molar-refractivity contribution in [2.45, 2.75) is 91.5 Å². The summed E-state index contributed by atoms with van der Waals surface area (Å²) < 4.78 is 12.6. The number of benzene rings is 1. The van der Waals surface area contributed by atoms with Crippen LogP contribution < -0.4 is 0 Å². The van der Waals surface area contributed by atoms with Crippen molar-refractivity contribution in [2.24, 2.45) is 34.5 Å². The van der Waals surface area contributed by atoms with Gasteiger partial charge in [-0.3, -0.25) is 9.59 Å². The van der Waals surface area contributed by atoms with E-state index in [-0.39, 0.29) is 40.8 Å². The average molecular weight is 465 g/mol. The Morgan fingerprint density at radius 3 is 2.47 bits per heavy atom. The fraction of sp³-hybridized carbons (Fsp3) is 0.667. The lowest BCUT2D eigenvalue weighted by Crippen LogP contribution is -2.55. The number of hydrogen-bond acceptors (Lipinski definition) is 4. The minimum absolute atomic E-state index is 0.102. The van der Waals surface area contributed by atoms with Gasteiger partial charge in [0.1, 0.15) is 11.9 Å². The first-order valence-electron chi connectivity index (χ1n) is 13.3. The van der Waals surface area contributed by atoms with Gasteiger partial charge in [-0.2, -0.15) is 0 Å². The molecule has 0 amide bonds. The van der Waals surface area contributed by atoms with Crippen LogP contribution in [0, 0.1) is 34.5 Å². The molecule has 1 aromatic rings. The molecular weight excluding hydrogens is 424 g/mol. The summed E-state index contributed by atoms with van der Waals surface area (Å²) in [5, 5.41) is 0. The smallest absolute Gasteiger partial charge is 0.308 e. The van der Waals surface area contributed by atoms with Gasteiger partial charge >= 0.3 is 5.97 Å². The molecule has 7 atom stereocenters. The Labute approximate surface area is 204 Å². The highest BCUT2D eigenvalue weighted by atomic mass is 16.5. The van der Waals surface area contributed by atoms with E-state index in [9.17, 15) is 9.59 Å². The maximum atomic E-state index is 12.9. The van der Waals surface area contributed by atoms with Crippen molar-refractivity contribution in [3.05, 3.63) is 47.5 Å². The molecule has 0 heterocycles. The van der Waals surface area contributed by atoms with E-state index in [1.165, 1.54) is 11.1 Å². The molecule has 3 fully saturated rings. The van der Waals surface area contributed by atoms with Crippen LogP contribution >= 0.6 is 0 Å². The fourth-order valence-corrected chi connectivity index (χ4v) is 7.68. The minimum Gasteiger partial charge on any atom is -0.458 e. The summed E-state index contributed by atoms with van der Waals surface area (Å²) >= 11 is 0. The molecule has 4 nitrogen and oxygen atoms in total. The second-order valence-electron chi connectivity index (χ2n) is 12.0. The second kappa shape index (κ2) is 8.93. The van der Waals surface area contributed by atoms with Crippen molar-refractivity contribution in [2.75, 3.05) is 0 Å². The third-order valence-electron chi connectivity index (χ3n) is 9.82. The van der Waals surface area contributed by atoms with Crippen molar-refractivity contribution < 1.29 is 19.1 Å². The monoisotopic (exact) mass is 464 g/mol. The van der Waals surface area contributed by atoms with Crippen molar-refractivity contribution in [3.63, 3.8) is 0 Å². The molecule has 5 rings (SSSR count). The van der Waals surface area contributed by atoms with E-state index in [1.54, 1.807) is 0 Å². The fourth-order valence-electron chi connectivity index (χ4n) is 7.68. The van der Waals surface area contributed by atoms with Gasteiger partial charge in [-0.15, -0.1) is 0 Å². The normalized spacial score (nSPS) is 39.1. The number of fused-ring (bicyclic) bond motifs is 5. The zero-order chi connectivity index (χ0) is 24.1. The summed E-state index contributed by atoms with van der Waals surface area (Å²) in [6.45, 7) is 9.05. The zero-order valence-corrected chi connectivity index (χ0v) is 21.2. The largest absolute Gasteiger partial charge is 0.458 e. The Bertz CT molecular complexity index is 965. The summed E-state index contributed by atoms with van der Waals surface area (Å²) in [5.41, 5.74) is 2.47. The van der Waals surface area contributed by atoms with Gasteiger partial charge in [0.2, 0.25) is 0 Å². The average Bonchev–Trinajstić information content (AvgIpc) is 3.13. The van der Waals surface area contributed by atoms with Crippen molar-refractivity contribution in [1.29, 1.82) is 0 Å². The van der Waals surface area contributed by atoms with Crippen LogP contribution in [0.2, 0.25) is 0 Å². The molecule has 34 heavy (non-hydrogen) atoms. The predicted octanol–water partition coefficient (Wildman–Crippen LogP) is 6.28. The Balaban J connectivity index is 1.42. The summed E-state index contributed by atoms with van der Waals surface area (Å²) in [4.78, 5) is 25.6. The van der Waals surface area contributed by atoms with Crippen LogP contribution in [-0.2, 0) is 25.7 Å². The molecule has 4 unspecified atom stereocenters. The number of esters is 1. The first-order valence-corrected chi connectivity index (χ1v) is 13.3. The van der Waals surface area contributed by atoms with Crippen LogP contribution in [0.25, 0.3) is 0 Å². The molecule has 0 N–H and O–H groups in total. The van der Waals surface area contributed by atoms with Gasteiger partial charge in [0.15, 0.2) is 0 Å². The molecule has 184 valence electrons. The topological polar surface area (TPSA) is 52.6 Å². The van der Waals surface area contributed by atoms with E-state index >= 15 is 0 Å². The van der Waals surface area contributed by atoms with Gasteiger partial charge in [-0.05, 0) is 67.4 Å². The van der Waals surface area contributed by atoms with Gasteiger partial charge in [0, 0.05) is 17.8 Å². The van der Waals surface area contributed by atoms with Crippen LogP contribution in [0.4, 0.5) is 0 Å². The molecule has 0 aliphatic heterocycles. The maximum Gasteiger partial charge on any atom is 0.308 e. The summed E-state index contributed by atoms with van der Waals surface area (Å²) in [7, 11) is 0.